The van der Waals surface area contributed by atoms with Gasteiger partial charge in [-0.25, -0.2) is 15.0 Å². The second-order valence-corrected chi connectivity index (χ2v) is 9.81. The Morgan fingerprint density at radius 2 is 1.81 bits per heavy atom. The minimum Gasteiger partial charge on any atom is -0.394 e. The molecule has 1 saturated heterocycles. The molecule has 9 nitrogen and oxygen atoms in total. The summed E-state index contributed by atoms with van der Waals surface area (Å²) in [4.78, 5) is 23.6. The molecule has 190 valence electrons. The Kier molecular flexibility index (Phi) is 6.65. The number of aromatic nitrogens is 4. The molecule has 1 aliphatic heterocycles. The van der Waals surface area contributed by atoms with Crippen LogP contribution in [0.1, 0.15) is 24.3 Å². The van der Waals surface area contributed by atoms with Crippen LogP contribution in [0.2, 0.25) is 0 Å². The lowest BCUT2D eigenvalue weighted by atomic mass is 10.1. The van der Waals surface area contributed by atoms with E-state index in [-0.39, 0.29) is 6.61 Å². The second kappa shape index (κ2) is 10.4. The predicted octanol–water partition coefficient (Wildman–Crippen LogP) is 3.18. The van der Waals surface area contributed by atoms with Gasteiger partial charge < -0.3 is 20.4 Å². The van der Waals surface area contributed by atoms with Gasteiger partial charge in [0.15, 0.2) is 5.82 Å². The number of anilines is 3. The first-order chi connectivity index (χ1) is 18.2. The number of rotatable bonds is 8. The Hall–Kier alpha value is -3.66. The van der Waals surface area contributed by atoms with Crippen molar-refractivity contribution in [2.45, 2.75) is 24.9 Å². The average molecular weight is 498 g/mol. The van der Waals surface area contributed by atoms with Gasteiger partial charge in [0.25, 0.3) is 0 Å². The van der Waals surface area contributed by atoms with Gasteiger partial charge >= 0.3 is 0 Å². The molecule has 1 unspecified atom stereocenters. The summed E-state index contributed by atoms with van der Waals surface area (Å²) in [5, 5.41) is 23.6. The van der Waals surface area contributed by atoms with E-state index in [0.29, 0.717) is 18.3 Å². The topological polar surface area (TPSA) is 111 Å². The first-order valence-electron chi connectivity index (χ1n) is 12.9. The summed E-state index contributed by atoms with van der Waals surface area (Å²) in [7, 11) is 0. The maximum atomic E-state index is 9.87. The highest BCUT2D eigenvalue weighted by molar-refractivity contribution is 5.94. The van der Waals surface area contributed by atoms with E-state index < -0.39 is 6.10 Å². The van der Waals surface area contributed by atoms with Crippen molar-refractivity contribution in [1.82, 2.24) is 24.8 Å². The number of aliphatic hydroxyl groups is 2. The standard InChI is InChI=1S/C28H31N7O2/c36-18-22(37)17-34-10-12-35(13-11-34)28-26-23(19-6-7-19)15-29-16-24(26)32-27(33-28)20-8-9-30-25(14-20)31-21-4-2-1-3-5-21/h1-5,8-9,14-16,19,22,36-37H,6-7,10-13,17-18H2,(H,30,31). The number of aliphatic hydroxyl groups excluding tert-OH is 2. The van der Waals surface area contributed by atoms with Crippen LogP contribution in [0.5, 0.6) is 0 Å². The first kappa shape index (κ1) is 23.7. The number of benzene rings is 1. The first-order valence-corrected chi connectivity index (χ1v) is 12.9. The summed E-state index contributed by atoms with van der Waals surface area (Å²) in [6.07, 6.45) is 7.23. The van der Waals surface area contributed by atoms with Crippen LogP contribution >= 0.6 is 0 Å². The number of nitrogens with zero attached hydrogens (tertiary/aromatic N) is 6. The molecule has 2 fully saturated rings. The molecule has 4 heterocycles. The second-order valence-electron chi connectivity index (χ2n) is 9.81. The van der Waals surface area contributed by atoms with Crippen LogP contribution in [0.25, 0.3) is 22.3 Å². The van der Waals surface area contributed by atoms with E-state index in [1.807, 2.05) is 54.9 Å². The van der Waals surface area contributed by atoms with Gasteiger partial charge in [0.2, 0.25) is 0 Å². The van der Waals surface area contributed by atoms with Gasteiger partial charge in [0, 0.05) is 61.8 Å². The molecule has 1 aliphatic carbocycles. The van der Waals surface area contributed by atoms with Crippen molar-refractivity contribution in [3.05, 3.63) is 66.6 Å². The van der Waals surface area contributed by atoms with E-state index in [1.54, 1.807) is 6.20 Å². The molecule has 0 bridgehead atoms. The van der Waals surface area contributed by atoms with Gasteiger partial charge in [-0.2, -0.15) is 0 Å². The highest BCUT2D eigenvalue weighted by Gasteiger charge is 2.30. The molecule has 3 aromatic heterocycles. The quantitative estimate of drug-likeness (QED) is 0.338. The number of para-hydroxylation sites is 1. The maximum Gasteiger partial charge on any atom is 0.162 e. The molecule has 9 heteroatoms. The summed E-state index contributed by atoms with van der Waals surface area (Å²) in [5.74, 6) is 2.85. The Bertz CT molecular complexity index is 1370. The zero-order valence-corrected chi connectivity index (χ0v) is 20.7. The molecule has 1 saturated carbocycles. The summed E-state index contributed by atoms with van der Waals surface area (Å²) in [6, 6.07) is 13.9. The number of fused-ring (bicyclic) bond motifs is 1. The van der Waals surface area contributed by atoms with Crippen molar-refractivity contribution < 1.29 is 10.2 Å². The highest BCUT2D eigenvalue weighted by Crippen LogP contribution is 2.45. The number of piperazine rings is 1. The SMILES string of the molecule is OCC(O)CN1CCN(c2nc(-c3ccnc(Nc4ccccc4)c3)nc3cncc(C4CC4)c23)CC1. The number of pyridine rings is 2. The van der Waals surface area contributed by atoms with E-state index in [9.17, 15) is 10.2 Å². The van der Waals surface area contributed by atoms with Crippen molar-refractivity contribution in [2.75, 3.05) is 49.5 Å². The summed E-state index contributed by atoms with van der Waals surface area (Å²) in [5.41, 5.74) is 3.95. The lowest BCUT2D eigenvalue weighted by molar-refractivity contribution is 0.0574. The molecule has 0 radical (unpaired) electrons. The molecular weight excluding hydrogens is 466 g/mol. The third kappa shape index (κ3) is 5.24. The molecule has 4 aromatic rings. The molecular formula is C28H31N7O2. The normalized spacial score (nSPS) is 17.2. The van der Waals surface area contributed by atoms with Crippen LogP contribution in [0.15, 0.2) is 61.1 Å². The summed E-state index contributed by atoms with van der Waals surface area (Å²) < 4.78 is 0. The fraction of sp³-hybridized carbons (Fsp3) is 0.357. The van der Waals surface area contributed by atoms with E-state index in [2.05, 4.69) is 25.1 Å². The molecule has 0 spiro atoms. The van der Waals surface area contributed by atoms with Gasteiger partial charge in [-0.15, -0.1) is 0 Å². The minimum absolute atomic E-state index is 0.217. The van der Waals surface area contributed by atoms with Gasteiger partial charge in [-0.1, -0.05) is 18.2 Å². The van der Waals surface area contributed by atoms with Crippen LogP contribution < -0.4 is 10.2 Å². The van der Waals surface area contributed by atoms with Gasteiger partial charge in [0.1, 0.15) is 11.6 Å². The summed E-state index contributed by atoms with van der Waals surface area (Å²) in [6.45, 7) is 3.42. The lowest BCUT2D eigenvalue weighted by Gasteiger charge is -2.36. The molecule has 37 heavy (non-hydrogen) atoms. The predicted molar refractivity (Wildman–Crippen MR) is 144 cm³/mol. The smallest absolute Gasteiger partial charge is 0.162 e. The van der Waals surface area contributed by atoms with E-state index in [0.717, 1.165) is 60.0 Å². The number of hydrogen-bond acceptors (Lipinski definition) is 9. The lowest BCUT2D eigenvalue weighted by Crippen LogP contribution is -2.49. The highest BCUT2D eigenvalue weighted by atomic mass is 16.3. The fourth-order valence-electron chi connectivity index (χ4n) is 4.96. The molecule has 3 N–H and O–H groups in total. The van der Waals surface area contributed by atoms with Crippen LogP contribution in [0.4, 0.5) is 17.3 Å². The fourth-order valence-corrected chi connectivity index (χ4v) is 4.96. The van der Waals surface area contributed by atoms with Crippen LogP contribution in [-0.4, -0.2) is 80.5 Å². The monoisotopic (exact) mass is 497 g/mol. The van der Waals surface area contributed by atoms with Crippen molar-refractivity contribution in [3.63, 3.8) is 0 Å². The van der Waals surface area contributed by atoms with E-state index in [4.69, 9.17) is 9.97 Å². The van der Waals surface area contributed by atoms with Gasteiger partial charge in [-0.3, -0.25) is 9.88 Å². The number of hydrogen-bond donors (Lipinski definition) is 3. The Morgan fingerprint density at radius 3 is 2.57 bits per heavy atom. The third-order valence-corrected chi connectivity index (χ3v) is 7.05. The van der Waals surface area contributed by atoms with Crippen LogP contribution in [0.3, 0.4) is 0 Å². The molecule has 1 atom stereocenters. The Balaban J connectivity index is 1.35. The van der Waals surface area contributed by atoms with Crippen LogP contribution in [-0.2, 0) is 0 Å². The minimum atomic E-state index is -0.712. The van der Waals surface area contributed by atoms with Crippen molar-refractivity contribution >= 4 is 28.2 Å². The Labute approximate surface area is 215 Å². The molecule has 6 rings (SSSR count). The van der Waals surface area contributed by atoms with E-state index >= 15 is 0 Å². The molecule has 0 amide bonds. The molecule has 1 aromatic carbocycles. The summed E-state index contributed by atoms with van der Waals surface area (Å²) >= 11 is 0. The van der Waals surface area contributed by atoms with Crippen molar-refractivity contribution in [2.24, 2.45) is 0 Å². The van der Waals surface area contributed by atoms with Crippen molar-refractivity contribution in [3.8, 4) is 11.4 Å². The van der Waals surface area contributed by atoms with Crippen LogP contribution in [0, 0.1) is 0 Å². The zero-order valence-electron chi connectivity index (χ0n) is 20.7. The zero-order chi connectivity index (χ0) is 25.2. The number of nitrogens with one attached hydrogen (secondary N) is 1. The Morgan fingerprint density at radius 1 is 1.00 bits per heavy atom. The molecule has 2 aliphatic rings. The van der Waals surface area contributed by atoms with Gasteiger partial charge in [0.05, 0.1) is 24.4 Å². The largest absolute Gasteiger partial charge is 0.394 e. The van der Waals surface area contributed by atoms with E-state index in [1.165, 1.54) is 18.4 Å². The average Bonchev–Trinajstić information content (AvgIpc) is 3.79. The van der Waals surface area contributed by atoms with Gasteiger partial charge in [-0.05, 0) is 48.6 Å². The number of β-amino-alcohol motifs (C(OH)–C–C–N with tert-alkyl or cyclic N) is 1. The third-order valence-electron chi connectivity index (χ3n) is 7.05. The maximum absolute atomic E-state index is 9.87. The van der Waals surface area contributed by atoms with Crippen molar-refractivity contribution in [1.29, 1.82) is 0 Å².